The van der Waals surface area contributed by atoms with Gasteiger partial charge in [0.1, 0.15) is 22.8 Å². The highest BCUT2D eigenvalue weighted by molar-refractivity contribution is 6.00. The third-order valence-electron chi connectivity index (χ3n) is 4.64. The van der Waals surface area contributed by atoms with Crippen molar-refractivity contribution in [3.8, 4) is 5.75 Å². The Bertz CT molecular complexity index is 919. The van der Waals surface area contributed by atoms with Crippen molar-refractivity contribution in [2.45, 2.75) is 32.9 Å². The number of hydrogen-bond acceptors (Lipinski definition) is 5. The molecule has 8 nitrogen and oxygen atoms in total. The van der Waals surface area contributed by atoms with Crippen molar-refractivity contribution in [1.29, 1.82) is 0 Å². The normalized spacial score (nSPS) is 15.8. The van der Waals surface area contributed by atoms with Gasteiger partial charge in [0, 0.05) is 20.0 Å². The lowest BCUT2D eigenvalue weighted by atomic mass is 10.1. The Balaban J connectivity index is 1.64. The van der Waals surface area contributed by atoms with Gasteiger partial charge in [0.15, 0.2) is 6.10 Å². The molecule has 28 heavy (non-hydrogen) atoms. The van der Waals surface area contributed by atoms with E-state index in [1.54, 1.807) is 37.9 Å². The molecule has 3 rings (SSSR count). The molecule has 0 radical (unpaired) electrons. The summed E-state index contributed by atoms with van der Waals surface area (Å²) in [6.45, 7) is 3.62. The fraction of sp³-hybridized carbons (Fsp3) is 0.350. The number of carbonyl (C=O) groups excluding carboxylic acids is 2. The maximum Gasteiger partial charge on any atom is 0.339 e. The van der Waals surface area contributed by atoms with E-state index in [1.165, 1.54) is 11.0 Å². The van der Waals surface area contributed by atoms with Crippen molar-refractivity contribution in [2.75, 3.05) is 18.5 Å². The summed E-state index contributed by atoms with van der Waals surface area (Å²) in [5.41, 5.74) is 0.731. The Morgan fingerprint density at radius 3 is 2.68 bits per heavy atom. The molecule has 1 aromatic heterocycles. The Hall–Kier alpha value is -3.29. The van der Waals surface area contributed by atoms with E-state index in [4.69, 9.17) is 14.3 Å². The van der Waals surface area contributed by atoms with Crippen molar-refractivity contribution in [3.05, 3.63) is 47.4 Å². The zero-order valence-electron chi connectivity index (χ0n) is 16.0. The van der Waals surface area contributed by atoms with Crippen LogP contribution >= 0.6 is 0 Å². The van der Waals surface area contributed by atoms with Crippen molar-refractivity contribution in [3.63, 3.8) is 0 Å². The monoisotopic (exact) mass is 386 g/mol. The van der Waals surface area contributed by atoms with Crippen LogP contribution in [0.25, 0.3) is 0 Å². The number of aryl methyl sites for hydroxylation is 1. The molecule has 2 amide bonds. The number of carboxylic acid groups (broad SMARTS) is 1. The molecule has 1 aliphatic rings. The van der Waals surface area contributed by atoms with E-state index in [0.717, 1.165) is 0 Å². The van der Waals surface area contributed by atoms with Crippen molar-refractivity contribution in [1.82, 2.24) is 4.90 Å². The molecule has 1 unspecified atom stereocenters. The number of rotatable bonds is 6. The third kappa shape index (κ3) is 3.85. The number of fused-ring (bicyclic) bond motifs is 1. The molecule has 0 saturated heterocycles. The number of furan rings is 1. The highest BCUT2D eigenvalue weighted by Gasteiger charge is 2.31. The van der Waals surface area contributed by atoms with Crippen LogP contribution in [0.4, 0.5) is 5.69 Å². The molecule has 2 heterocycles. The van der Waals surface area contributed by atoms with Gasteiger partial charge in [0.2, 0.25) is 5.91 Å². The van der Waals surface area contributed by atoms with Crippen LogP contribution in [0.15, 0.2) is 34.7 Å². The molecule has 1 atom stereocenters. The second-order valence-corrected chi connectivity index (χ2v) is 6.71. The van der Waals surface area contributed by atoms with Gasteiger partial charge in [-0.1, -0.05) is 12.1 Å². The second-order valence-electron chi connectivity index (χ2n) is 6.71. The number of anilines is 1. The number of aromatic carboxylic acids is 1. The van der Waals surface area contributed by atoms with Gasteiger partial charge in [-0.05, 0) is 32.0 Å². The van der Waals surface area contributed by atoms with Gasteiger partial charge in [-0.25, -0.2) is 4.79 Å². The minimum atomic E-state index is -1.07. The fourth-order valence-electron chi connectivity index (χ4n) is 3.14. The van der Waals surface area contributed by atoms with E-state index in [2.05, 4.69) is 0 Å². The lowest BCUT2D eigenvalue weighted by molar-refractivity contribution is -0.130. The van der Waals surface area contributed by atoms with Crippen LogP contribution < -0.4 is 9.64 Å². The number of hydrogen-bond donors (Lipinski definition) is 1. The largest absolute Gasteiger partial charge is 0.479 e. The van der Waals surface area contributed by atoms with Gasteiger partial charge in [0.25, 0.3) is 5.91 Å². The summed E-state index contributed by atoms with van der Waals surface area (Å²) in [5, 5.41) is 9.09. The van der Waals surface area contributed by atoms with E-state index in [0.29, 0.717) is 23.0 Å². The number of carbonyl (C=O) groups is 3. The van der Waals surface area contributed by atoms with Crippen molar-refractivity contribution in [2.24, 2.45) is 0 Å². The average molecular weight is 386 g/mol. The minimum absolute atomic E-state index is 0.0837. The van der Waals surface area contributed by atoms with Gasteiger partial charge in [-0.2, -0.15) is 0 Å². The van der Waals surface area contributed by atoms with Crippen LogP contribution in [0.2, 0.25) is 0 Å². The molecule has 148 valence electrons. The molecule has 0 bridgehead atoms. The highest BCUT2D eigenvalue weighted by Crippen LogP contribution is 2.33. The quantitative estimate of drug-likeness (QED) is 0.818. The predicted molar refractivity (Wildman–Crippen MR) is 100 cm³/mol. The lowest BCUT2D eigenvalue weighted by Gasteiger charge is -2.33. The minimum Gasteiger partial charge on any atom is -0.479 e. The first kappa shape index (κ1) is 19.5. The van der Waals surface area contributed by atoms with Crippen LogP contribution in [0.3, 0.4) is 0 Å². The van der Waals surface area contributed by atoms with E-state index in [1.807, 2.05) is 12.1 Å². The molecule has 0 aliphatic carbocycles. The summed E-state index contributed by atoms with van der Waals surface area (Å²) in [4.78, 5) is 39.1. The maximum absolute atomic E-state index is 12.5. The number of para-hydroxylation sites is 2. The second kappa shape index (κ2) is 7.75. The fourth-order valence-corrected chi connectivity index (χ4v) is 3.14. The molecule has 8 heteroatoms. The smallest absolute Gasteiger partial charge is 0.339 e. The SMILES string of the molecule is Cc1oc(CN(C)C(=O)CCN2C(=O)C(C)Oc3ccccc32)cc1C(=O)O. The lowest BCUT2D eigenvalue weighted by Crippen LogP contribution is -2.45. The van der Waals surface area contributed by atoms with Gasteiger partial charge < -0.3 is 24.1 Å². The molecule has 0 fully saturated rings. The standard InChI is InChI=1S/C20H22N2O6/c1-12-15(20(25)26)10-14(27-12)11-21(3)18(23)8-9-22-16-6-4-5-7-17(16)28-13(2)19(22)24/h4-7,10,13H,8-9,11H2,1-3H3,(H,25,26). The van der Waals surface area contributed by atoms with Crippen LogP contribution in [-0.2, 0) is 16.1 Å². The van der Waals surface area contributed by atoms with Crippen LogP contribution in [0, 0.1) is 6.92 Å². The zero-order chi connectivity index (χ0) is 20.4. The molecular weight excluding hydrogens is 364 g/mol. The van der Waals surface area contributed by atoms with Crippen LogP contribution in [-0.4, -0.2) is 47.5 Å². The number of carboxylic acids is 1. The molecule has 1 aliphatic heterocycles. The zero-order valence-corrected chi connectivity index (χ0v) is 16.0. The molecular formula is C20H22N2O6. The van der Waals surface area contributed by atoms with Gasteiger partial charge in [0.05, 0.1) is 12.2 Å². The first-order valence-electron chi connectivity index (χ1n) is 8.91. The summed E-state index contributed by atoms with van der Waals surface area (Å²) in [6.07, 6.45) is -0.488. The van der Waals surface area contributed by atoms with Crippen LogP contribution in [0.1, 0.15) is 35.2 Å². The molecule has 1 aromatic carbocycles. The predicted octanol–water partition coefficient (Wildman–Crippen LogP) is 2.45. The van der Waals surface area contributed by atoms with Crippen molar-refractivity contribution < 1.29 is 28.6 Å². The first-order chi connectivity index (χ1) is 13.3. The number of ether oxygens (including phenoxy) is 1. The van der Waals surface area contributed by atoms with E-state index < -0.39 is 12.1 Å². The Morgan fingerprint density at radius 2 is 2.00 bits per heavy atom. The first-order valence-corrected chi connectivity index (χ1v) is 8.91. The molecule has 2 aromatic rings. The molecule has 1 N–H and O–H groups in total. The topological polar surface area (TPSA) is 100 Å². The Kier molecular flexibility index (Phi) is 5.39. The van der Waals surface area contributed by atoms with Crippen LogP contribution in [0.5, 0.6) is 5.75 Å². The van der Waals surface area contributed by atoms with Gasteiger partial charge >= 0.3 is 5.97 Å². The number of benzene rings is 1. The molecule has 0 spiro atoms. The number of nitrogens with zero attached hydrogens (tertiary/aromatic N) is 2. The maximum atomic E-state index is 12.5. The highest BCUT2D eigenvalue weighted by atomic mass is 16.5. The summed E-state index contributed by atoms with van der Waals surface area (Å²) in [7, 11) is 1.61. The van der Waals surface area contributed by atoms with E-state index >= 15 is 0 Å². The summed E-state index contributed by atoms with van der Waals surface area (Å²) < 4.78 is 11.0. The number of amides is 2. The van der Waals surface area contributed by atoms with E-state index in [9.17, 15) is 14.4 Å². The molecule has 0 saturated carbocycles. The summed E-state index contributed by atoms with van der Waals surface area (Å²) in [5.74, 6) is -0.139. The average Bonchev–Trinajstić information content (AvgIpc) is 3.02. The summed E-state index contributed by atoms with van der Waals surface area (Å²) >= 11 is 0. The third-order valence-corrected chi connectivity index (χ3v) is 4.64. The van der Waals surface area contributed by atoms with Gasteiger partial charge in [-0.15, -0.1) is 0 Å². The van der Waals surface area contributed by atoms with Crippen molar-refractivity contribution >= 4 is 23.5 Å². The summed E-state index contributed by atoms with van der Waals surface area (Å²) in [6, 6.07) is 8.64. The van der Waals surface area contributed by atoms with Gasteiger partial charge in [-0.3, -0.25) is 9.59 Å². The van der Waals surface area contributed by atoms with E-state index in [-0.39, 0.29) is 36.9 Å². The Labute approximate surface area is 162 Å². The Morgan fingerprint density at radius 1 is 1.29 bits per heavy atom.